The highest BCUT2D eigenvalue weighted by atomic mass is 35.5. The zero-order chi connectivity index (χ0) is 20.4. The number of sulfonamides is 1. The van der Waals surface area contributed by atoms with E-state index in [9.17, 15) is 26.4 Å². The Morgan fingerprint density at radius 3 is 2.26 bits per heavy atom. The number of hydrogen-bond acceptors (Lipinski definition) is 3. The number of anilines is 2. The highest BCUT2D eigenvalue weighted by Gasteiger charge is 2.33. The van der Waals surface area contributed by atoms with E-state index in [4.69, 9.17) is 11.6 Å². The topological polar surface area (TPSA) is 66.5 Å². The van der Waals surface area contributed by atoms with Gasteiger partial charge in [-0.3, -0.25) is 9.10 Å². The first-order valence-electron chi connectivity index (χ1n) is 7.59. The molecule has 0 bridgehead atoms. The largest absolute Gasteiger partial charge is 0.417 e. The number of carbonyl (C=O) groups is 1. The average molecular weight is 421 g/mol. The van der Waals surface area contributed by atoms with Gasteiger partial charge in [-0.15, -0.1) is 0 Å². The van der Waals surface area contributed by atoms with Crippen molar-refractivity contribution >= 4 is 38.9 Å². The second-order valence-corrected chi connectivity index (χ2v) is 8.16. The van der Waals surface area contributed by atoms with Gasteiger partial charge >= 0.3 is 6.18 Å². The molecule has 1 N–H and O–H groups in total. The van der Waals surface area contributed by atoms with Gasteiger partial charge in [0.05, 0.1) is 22.5 Å². The van der Waals surface area contributed by atoms with E-state index in [0.29, 0.717) is 6.07 Å². The normalized spacial score (nSPS) is 11.9. The van der Waals surface area contributed by atoms with Crippen molar-refractivity contribution in [3.63, 3.8) is 0 Å². The molecule has 2 aromatic rings. The van der Waals surface area contributed by atoms with Gasteiger partial charge in [0.15, 0.2) is 0 Å². The zero-order valence-corrected chi connectivity index (χ0v) is 15.9. The zero-order valence-electron chi connectivity index (χ0n) is 14.3. The van der Waals surface area contributed by atoms with E-state index in [1.54, 1.807) is 12.1 Å². The van der Waals surface area contributed by atoms with Crippen molar-refractivity contribution in [3.05, 3.63) is 58.6 Å². The van der Waals surface area contributed by atoms with Gasteiger partial charge < -0.3 is 5.32 Å². The molecule has 0 spiro atoms. The van der Waals surface area contributed by atoms with E-state index < -0.39 is 39.2 Å². The number of aryl methyl sites for hydroxylation is 1. The number of amides is 1. The van der Waals surface area contributed by atoms with Gasteiger partial charge in [0.1, 0.15) is 6.54 Å². The van der Waals surface area contributed by atoms with Crippen molar-refractivity contribution in [1.29, 1.82) is 0 Å². The third kappa shape index (κ3) is 5.61. The summed E-state index contributed by atoms with van der Waals surface area (Å²) in [6, 6.07) is 9.33. The molecular formula is C17H16ClF3N2O3S. The number of carbonyl (C=O) groups excluding carboxylic acids is 1. The van der Waals surface area contributed by atoms with Crippen LogP contribution in [0, 0.1) is 6.92 Å². The number of halogens is 4. The Bertz CT molecular complexity index is 945. The number of rotatable bonds is 5. The van der Waals surface area contributed by atoms with Gasteiger partial charge in [-0.1, -0.05) is 29.3 Å². The highest BCUT2D eigenvalue weighted by Crippen LogP contribution is 2.36. The lowest BCUT2D eigenvalue weighted by atomic mass is 10.2. The van der Waals surface area contributed by atoms with Crippen LogP contribution < -0.4 is 9.62 Å². The molecule has 146 valence electrons. The summed E-state index contributed by atoms with van der Waals surface area (Å²) < 4.78 is 63.6. The van der Waals surface area contributed by atoms with Gasteiger partial charge in [0.25, 0.3) is 0 Å². The van der Waals surface area contributed by atoms with E-state index in [1.807, 2.05) is 6.92 Å². The molecular weight excluding hydrogens is 405 g/mol. The minimum Gasteiger partial charge on any atom is -0.324 e. The fourth-order valence-electron chi connectivity index (χ4n) is 2.26. The van der Waals surface area contributed by atoms with Crippen LogP contribution in [0.1, 0.15) is 11.1 Å². The van der Waals surface area contributed by atoms with Crippen molar-refractivity contribution in [2.75, 3.05) is 22.4 Å². The third-order valence-corrected chi connectivity index (χ3v) is 5.04. The number of benzene rings is 2. The lowest BCUT2D eigenvalue weighted by molar-refractivity contribution is -0.137. The number of alkyl halides is 3. The first kappa shape index (κ1) is 21.0. The lowest BCUT2D eigenvalue weighted by Gasteiger charge is -2.22. The van der Waals surface area contributed by atoms with Crippen molar-refractivity contribution in [2.24, 2.45) is 0 Å². The Labute approximate surface area is 159 Å². The van der Waals surface area contributed by atoms with Crippen LogP contribution in [0.3, 0.4) is 0 Å². The monoisotopic (exact) mass is 420 g/mol. The van der Waals surface area contributed by atoms with Crippen LogP contribution in [0.15, 0.2) is 42.5 Å². The molecule has 0 atom stereocenters. The summed E-state index contributed by atoms with van der Waals surface area (Å²) in [4.78, 5) is 12.2. The lowest BCUT2D eigenvalue weighted by Crippen LogP contribution is -2.37. The number of nitrogens with one attached hydrogen (secondary N) is 1. The fraction of sp³-hybridized carbons (Fsp3) is 0.235. The molecule has 0 saturated carbocycles. The van der Waals surface area contributed by atoms with Gasteiger partial charge in [-0.05, 0) is 37.3 Å². The first-order valence-corrected chi connectivity index (χ1v) is 9.81. The molecule has 10 heteroatoms. The van der Waals surface area contributed by atoms with Crippen molar-refractivity contribution in [3.8, 4) is 0 Å². The molecule has 27 heavy (non-hydrogen) atoms. The third-order valence-electron chi connectivity index (χ3n) is 3.57. The maximum atomic E-state index is 12.9. The summed E-state index contributed by atoms with van der Waals surface area (Å²) in [5, 5.41) is 1.76. The summed E-state index contributed by atoms with van der Waals surface area (Å²) >= 11 is 5.53. The molecule has 0 heterocycles. The molecule has 0 aliphatic rings. The highest BCUT2D eigenvalue weighted by molar-refractivity contribution is 7.92. The van der Waals surface area contributed by atoms with Gasteiger partial charge in [0, 0.05) is 5.69 Å². The minimum absolute atomic E-state index is 0.144. The first-order chi connectivity index (χ1) is 12.4. The van der Waals surface area contributed by atoms with Crippen molar-refractivity contribution in [1.82, 2.24) is 0 Å². The molecule has 2 aromatic carbocycles. The summed E-state index contributed by atoms with van der Waals surface area (Å²) in [7, 11) is -3.78. The van der Waals surface area contributed by atoms with Crippen molar-refractivity contribution < 1.29 is 26.4 Å². The van der Waals surface area contributed by atoms with E-state index >= 15 is 0 Å². The van der Waals surface area contributed by atoms with Crippen LogP contribution in [0.25, 0.3) is 0 Å². The van der Waals surface area contributed by atoms with E-state index in [1.165, 1.54) is 18.2 Å². The molecule has 0 aliphatic heterocycles. The van der Waals surface area contributed by atoms with Crippen LogP contribution in [0.2, 0.25) is 5.02 Å². The Hall–Kier alpha value is -2.26. The molecule has 1 amide bonds. The molecule has 0 fully saturated rings. The molecule has 0 radical (unpaired) electrons. The van der Waals surface area contributed by atoms with Gasteiger partial charge in [-0.25, -0.2) is 8.42 Å². The van der Waals surface area contributed by atoms with E-state index in [-0.39, 0.29) is 11.4 Å². The Morgan fingerprint density at radius 1 is 1.15 bits per heavy atom. The summed E-state index contributed by atoms with van der Waals surface area (Å²) in [5.74, 6) is -0.795. The maximum Gasteiger partial charge on any atom is 0.417 e. The second kappa shape index (κ2) is 7.77. The Kier molecular flexibility index (Phi) is 6.06. The minimum atomic E-state index is -4.68. The summed E-state index contributed by atoms with van der Waals surface area (Å²) in [6.45, 7) is 1.23. The van der Waals surface area contributed by atoms with Crippen LogP contribution >= 0.6 is 11.6 Å². The fourth-order valence-corrected chi connectivity index (χ4v) is 3.34. The SMILES string of the molecule is Cc1ccc(N(CC(=O)Nc2ccc(Cl)c(C(F)(F)F)c2)S(C)(=O)=O)cc1. The number of hydrogen-bond donors (Lipinski definition) is 1. The van der Waals surface area contributed by atoms with Crippen molar-refractivity contribution in [2.45, 2.75) is 13.1 Å². The molecule has 0 aromatic heterocycles. The average Bonchev–Trinajstić information content (AvgIpc) is 2.53. The predicted octanol–water partition coefficient (Wildman–Crippen LogP) is 4.07. The van der Waals surface area contributed by atoms with Crippen LogP contribution in [-0.2, 0) is 21.0 Å². The molecule has 0 saturated heterocycles. The van der Waals surface area contributed by atoms with Crippen LogP contribution in [0.4, 0.5) is 24.5 Å². The summed E-state index contributed by atoms with van der Waals surface area (Å²) in [6.07, 6.45) is -3.75. The van der Waals surface area contributed by atoms with Crippen LogP contribution in [-0.4, -0.2) is 27.1 Å². The predicted molar refractivity (Wildman–Crippen MR) is 98.5 cm³/mol. The molecule has 5 nitrogen and oxygen atoms in total. The smallest absolute Gasteiger partial charge is 0.324 e. The Balaban J connectivity index is 2.23. The van der Waals surface area contributed by atoms with Crippen LogP contribution in [0.5, 0.6) is 0 Å². The molecule has 0 unspecified atom stereocenters. The Morgan fingerprint density at radius 2 is 1.74 bits per heavy atom. The second-order valence-electron chi connectivity index (χ2n) is 5.85. The molecule has 0 aliphatic carbocycles. The maximum absolute atomic E-state index is 12.9. The van der Waals surface area contributed by atoms with Gasteiger partial charge in [0.2, 0.25) is 15.9 Å². The summed E-state index contributed by atoms with van der Waals surface area (Å²) in [5.41, 5.74) is -0.0719. The van der Waals surface area contributed by atoms with E-state index in [0.717, 1.165) is 22.2 Å². The quantitative estimate of drug-likeness (QED) is 0.792. The number of nitrogens with zero attached hydrogens (tertiary/aromatic N) is 1. The van der Waals surface area contributed by atoms with E-state index in [2.05, 4.69) is 5.32 Å². The standard InChI is InChI=1S/C17H16ClF3N2O3S/c1-11-3-6-13(7-4-11)23(27(2,25)26)10-16(24)22-12-5-8-15(18)14(9-12)17(19,20)21/h3-9H,10H2,1-2H3,(H,22,24). The van der Waals surface area contributed by atoms with Gasteiger partial charge in [-0.2, -0.15) is 13.2 Å². The molecule has 2 rings (SSSR count).